The van der Waals surface area contributed by atoms with E-state index in [-0.39, 0.29) is 6.04 Å². The van der Waals surface area contributed by atoms with E-state index < -0.39 is 0 Å². The molecule has 0 aliphatic rings. The van der Waals surface area contributed by atoms with Crippen LogP contribution in [0.5, 0.6) is 0 Å². The van der Waals surface area contributed by atoms with Crippen molar-refractivity contribution in [1.82, 2.24) is 14.9 Å². The summed E-state index contributed by atoms with van der Waals surface area (Å²) in [6.45, 7) is 0. The summed E-state index contributed by atoms with van der Waals surface area (Å²) in [6, 6.07) is 6.40. The van der Waals surface area contributed by atoms with Crippen molar-refractivity contribution in [2.24, 2.45) is 7.05 Å². The quantitative estimate of drug-likeness (QED) is 0.832. The van der Waals surface area contributed by atoms with E-state index in [1.54, 1.807) is 0 Å². The summed E-state index contributed by atoms with van der Waals surface area (Å²) in [5.41, 5.74) is 1.19. The predicted octanol–water partition coefficient (Wildman–Crippen LogP) is 3.18. The van der Waals surface area contributed by atoms with Crippen LogP contribution in [0, 0.1) is 3.57 Å². The number of rotatable bonds is 4. The first kappa shape index (κ1) is 13.8. The topological polar surface area (TPSA) is 29.9 Å². The van der Waals surface area contributed by atoms with E-state index in [2.05, 4.69) is 39.0 Å². The highest BCUT2D eigenvalue weighted by molar-refractivity contribution is 14.1. The van der Waals surface area contributed by atoms with Crippen molar-refractivity contribution in [3.05, 3.63) is 50.6 Å². The molecule has 18 heavy (non-hydrogen) atoms. The van der Waals surface area contributed by atoms with Gasteiger partial charge in [0, 0.05) is 35.5 Å². The van der Waals surface area contributed by atoms with E-state index >= 15 is 0 Å². The first-order chi connectivity index (χ1) is 8.61. The second-order valence-corrected chi connectivity index (χ2v) is 5.74. The predicted molar refractivity (Wildman–Crippen MR) is 82.9 cm³/mol. The molecular weight excluding hydrogens is 361 g/mol. The van der Waals surface area contributed by atoms with Crippen molar-refractivity contribution >= 4 is 34.2 Å². The van der Waals surface area contributed by atoms with Crippen LogP contribution in [0.1, 0.15) is 17.4 Å². The molecule has 96 valence electrons. The molecule has 0 saturated heterocycles. The molecule has 5 heteroatoms. The molecule has 0 amide bonds. The van der Waals surface area contributed by atoms with Crippen LogP contribution in [0.25, 0.3) is 0 Å². The van der Waals surface area contributed by atoms with E-state index in [1.165, 1.54) is 5.56 Å². The van der Waals surface area contributed by atoms with Gasteiger partial charge in [-0.25, -0.2) is 4.98 Å². The van der Waals surface area contributed by atoms with Crippen molar-refractivity contribution < 1.29 is 0 Å². The fraction of sp³-hybridized carbons (Fsp3) is 0.308. The Morgan fingerprint density at radius 2 is 2.28 bits per heavy atom. The van der Waals surface area contributed by atoms with Gasteiger partial charge < -0.3 is 9.88 Å². The molecular formula is C13H15ClIN3. The minimum Gasteiger partial charge on any atom is -0.338 e. The van der Waals surface area contributed by atoms with E-state index in [0.717, 1.165) is 20.8 Å². The summed E-state index contributed by atoms with van der Waals surface area (Å²) >= 11 is 8.41. The van der Waals surface area contributed by atoms with E-state index in [0.29, 0.717) is 0 Å². The van der Waals surface area contributed by atoms with Gasteiger partial charge in [-0.05, 0) is 47.3 Å². The van der Waals surface area contributed by atoms with Gasteiger partial charge in [0.1, 0.15) is 5.82 Å². The molecule has 2 rings (SSSR count). The first-order valence-electron chi connectivity index (χ1n) is 5.70. The van der Waals surface area contributed by atoms with Crippen molar-refractivity contribution in [3.8, 4) is 0 Å². The molecule has 0 bridgehead atoms. The number of aromatic nitrogens is 2. The summed E-state index contributed by atoms with van der Waals surface area (Å²) in [7, 11) is 3.97. The standard InChI is InChI=1S/C13H15ClIN3/c1-16-12(8-13-17-5-6-18(13)2)9-3-4-11(15)10(14)7-9/h3-7,12,16H,8H2,1-2H3. The smallest absolute Gasteiger partial charge is 0.110 e. The minimum atomic E-state index is 0.223. The number of likely N-dealkylation sites (N-methyl/N-ethyl adjacent to an activating group) is 1. The maximum atomic E-state index is 6.17. The van der Waals surface area contributed by atoms with Crippen LogP contribution in [-0.4, -0.2) is 16.6 Å². The third-order valence-electron chi connectivity index (χ3n) is 3.00. The Labute approximate surface area is 126 Å². The molecule has 1 unspecified atom stereocenters. The Hall–Kier alpha value is -0.590. The Balaban J connectivity index is 2.23. The number of nitrogens with zero attached hydrogens (tertiary/aromatic N) is 2. The van der Waals surface area contributed by atoms with Crippen LogP contribution in [0.4, 0.5) is 0 Å². The Kier molecular flexibility index (Phi) is 4.64. The minimum absolute atomic E-state index is 0.223. The summed E-state index contributed by atoms with van der Waals surface area (Å²) < 4.78 is 3.11. The number of benzene rings is 1. The molecule has 1 aromatic heterocycles. The fourth-order valence-corrected chi connectivity index (χ4v) is 2.42. The number of halogens is 2. The second kappa shape index (κ2) is 6.04. The lowest BCUT2D eigenvalue weighted by Gasteiger charge is -2.17. The normalized spacial score (nSPS) is 12.7. The molecule has 0 aliphatic heterocycles. The van der Waals surface area contributed by atoms with Gasteiger partial charge in [-0.2, -0.15) is 0 Å². The van der Waals surface area contributed by atoms with Crippen LogP contribution < -0.4 is 5.32 Å². The Bertz CT molecular complexity index is 539. The third-order valence-corrected chi connectivity index (χ3v) is 4.57. The Morgan fingerprint density at radius 1 is 1.50 bits per heavy atom. The number of hydrogen-bond acceptors (Lipinski definition) is 2. The van der Waals surface area contributed by atoms with Gasteiger partial charge in [-0.3, -0.25) is 0 Å². The molecule has 0 fully saturated rings. The highest BCUT2D eigenvalue weighted by Crippen LogP contribution is 2.24. The van der Waals surface area contributed by atoms with Crippen LogP contribution in [0.3, 0.4) is 0 Å². The average molecular weight is 376 g/mol. The van der Waals surface area contributed by atoms with Crippen LogP contribution in [-0.2, 0) is 13.5 Å². The lowest BCUT2D eigenvalue weighted by molar-refractivity contribution is 0.563. The van der Waals surface area contributed by atoms with Gasteiger partial charge in [0.2, 0.25) is 0 Å². The van der Waals surface area contributed by atoms with Gasteiger partial charge in [0.15, 0.2) is 0 Å². The summed E-state index contributed by atoms with van der Waals surface area (Å²) in [5, 5.41) is 4.12. The van der Waals surface area contributed by atoms with E-state index in [1.807, 2.05) is 43.2 Å². The van der Waals surface area contributed by atoms with Gasteiger partial charge >= 0.3 is 0 Å². The van der Waals surface area contributed by atoms with Crippen LogP contribution in [0.2, 0.25) is 5.02 Å². The SMILES string of the molecule is CNC(Cc1nccn1C)c1ccc(I)c(Cl)c1. The fourth-order valence-electron chi connectivity index (χ4n) is 1.89. The number of hydrogen-bond donors (Lipinski definition) is 1. The van der Waals surface area contributed by atoms with Gasteiger partial charge in [-0.15, -0.1) is 0 Å². The average Bonchev–Trinajstić information content (AvgIpc) is 2.75. The van der Waals surface area contributed by atoms with E-state index in [9.17, 15) is 0 Å². The molecule has 1 heterocycles. The molecule has 0 spiro atoms. The summed E-state index contributed by atoms with van der Waals surface area (Å²) in [4.78, 5) is 4.36. The third kappa shape index (κ3) is 3.05. The van der Waals surface area contributed by atoms with Crippen molar-refractivity contribution in [2.75, 3.05) is 7.05 Å². The summed E-state index contributed by atoms with van der Waals surface area (Å²) in [6.07, 6.45) is 4.63. The molecule has 0 aliphatic carbocycles. The maximum Gasteiger partial charge on any atom is 0.110 e. The molecule has 1 aromatic carbocycles. The molecule has 1 N–H and O–H groups in total. The molecule has 0 radical (unpaired) electrons. The van der Waals surface area contributed by atoms with Gasteiger partial charge in [-0.1, -0.05) is 17.7 Å². The lowest BCUT2D eigenvalue weighted by Crippen LogP contribution is -2.20. The first-order valence-corrected chi connectivity index (χ1v) is 7.16. The zero-order valence-electron chi connectivity index (χ0n) is 10.3. The molecule has 2 aromatic rings. The number of imidazole rings is 1. The van der Waals surface area contributed by atoms with Crippen LogP contribution in [0.15, 0.2) is 30.6 Å². The van der Waals surface area contributed by atoms with Gasteiger partial charge in [0.25, 0.3) is 0 Å². The lowest BCUT2D eigenvalue weighted by atomic mass is 10.0. The number of nitrogens with one attached hydrogen (secondary N) is 1. The van der Waals surface area contributed by atoms with E-state index in [4.69, 9.17) is 11.6 Å². The van der Waals surface area contributed by atoms with Crippen molar-refractivity contribution in [2.45, 2.75) is 12.5 Å². The van der Waals surface area contributed by atoms with Crippen molar-refractivity contribution in [1.29, 1.82) is 0 Å². The van der Waals surface area contributed by atoms with Crippen molar-refractivity contribution in [3.63, 3.8) is 0 Å². The highest BCUT2D eigenvalue weighted by Gasteiger charge is 2.13. The monoisotopic (exact) mass is 375 g/mol. The summed E-state index contributed by atoms with van der Waals surface area (Å²) in [5.74, 6) is 1.06. The highest BCUT2D eigenvalue weighted by atomic mass is 127. The Morgan fingerprint density at radius 3 is 2.83 bits per heavy atom. The number of aryl methyl sites for hydroxylation is 1. The van der Waals surface area contributed by atoms with Gasteiger partial charge in [0.05, 0.1) is 5.02 Å². The van der Waals surface area contributed by atoms with Crippen LogP contribution >= 0.6 is 34.2 Å². The maximum absolute atomic E-state index is 6.17. The second-order valence-electron chi connectivity index (χ2n) is 4.17. The molecule has 0 saturated carbocycles. The molecule has 1 atom stereocenters. The zero-order valence-corrected chi connectivity index (χ0v) is 13.2. The zero-order chi connectivity index (χ0) is 13.1. The molecule has 3 nitrogen and oxygen atoms in total. The largest absolute Gasteiger partial charge is 0.338 e.